The number of nitrogens with zero attached hydrogens (tertiary/aromatic N) is 4. The second kappa shape index (κ2) is 10.1. The summed E-state index contributed by atoms with van der Waals surface area (Å²) in [5.74, 6) is -1.19. The molecule has 1 aromatic carbocycles. The first-order valence-corrected chi connectivity index (χ1v) is 12.4. The van der Waals surface area contributed by atoms with Crippen molar-refractivity contribution in [3.63, 3.8) is 0 Å². The minimum atomic E-state index is -0.672. The van der Waals surface area contributed by atoms with Gasteiger partial charge in [0.2, 0.25) is 0 Å². The summed E-state index contributed by atoms with van der Waals surface area (Å²) in [7, 11) is 0. The monoisotopic (exact) mass is 500 g/mol. The lowest BCUT2D eigenvalue weighted by Gasteiger charge is -2.18. The fraction of sp³-hybridized carbons (Fsp3) is 0.321. The molecule has 4 aromatic rings. The van der Waals surface area contributed by atoms with Gasteiger partial charge in [-0.2, -0.15) is 4.99 Å². The van der Waals surface area contributed by atoms with Gasteiger partial charge in [0.25, 0.3) is 11.5 Å². The van der Waals surface area contributed by atoms with Crippen molar-refractivity contribution in [1.29, 1.82) is 0 Å². The van der Waals surface area contributed by atoms with Crippen molar-refractivity contribution in [2.45, 2.75) is 46.3 Å². The van der Waals surface area contributed by atoms with Gasteiger partial charge in [0.1, 0.15) is 16.9 Å². The van der Waals surface area contributed by atoms with Crippen LogP contribution in [-0.2, 0) is 16.0 Å². The minimum absolute atomic E-state index is 0.0271. The summed E-state index contributed by atoms with van der Waals surface area (Å²) < 4.78 is 14.3. The molecule has 190 valence electrons. The highest BCUT2D eigenvalue weighted by atomic mass is 16.5. The number of aromatic nitrogens is 3. The highest BCUT2D eigenvalue weighted by Gasteiger charge is 2.24. The molecule has 4 heterocycles. The fourth-order valence-corrected chi connectivity index (χ4v) is 4.59. The number of esters is 1. The van der Waals surface area contributed by atoms with E-state index in [1.165, 1.54) is 10.5 Å². The van der Waals surface area contributed by atoms with Crippen LogP contribution in [0.15, 0.2) is 58.4 Å². The molecule has 3 aromatic heterocycles. The molecule has 0 saturated carbocycles. The topological polar surface area (TPSA) is 104 Å². The largest absolute Gasteiger partial charge is 0.462 e. The lowest BCUT2D eigenvalue weighted by molar-refractivity contribution is 0.0521. The average molecular weight is 501 g/mol. The maximum atomic E-state index is 13.6. The van der Waals surface area contributed by atoms with Gasteiger partial charge >= 0.3 is 5.97 Å². The van der Waals surface area contributed by atoms with Gasteiger partial charge in [-0.15, -0.1) is 0 Å². The van der Waals surface area contributed by atoms with E-state index in [1.807, 2.05) is 32.0 Å². The summed E-state index contributed by atoms with van der Waals surface area (Å²) >= 11 is 0. The zero-order chi connectivity index (χ0) is 26.1. The first-order valence-electron chi connectivity index (χ1n) is 12.4. The zero-order valence-corrected chi connectivity index (χ0v) is 21.1. The Balaban J connectivity index is 1.87. The molecular weight excluding hydrogens is 472 g/mol. The van der Waals surface area contributed by atoms with E-state index in [0.29, 0.717) is 23.5 Å². The molecule has 0 bridgehead atoms. The summed E-state index contributed by atoms with van der Waals surface area (Å²) in [6.45, 7) is 6.52. The van der Waals surface area contributed by atoms with E-state index in [2.05, 4.69) is 4.99 Å². The van der Waals surface area contributed by atoms with Crippen LogP contribution in [0.5, 0.6) is 0 Å². The second-order valence-electron chi connectivity index (χ2n) is 9.17. The van der Waals surface area contributed by atoms with Crippen LogP contribution < -0.4 is 11.0 Å². The molecule has 1 fully saturated rings. The van der Waals surface area contributed by atoms with E-state index in [4.69, 9.17) is 14.5 Å². The molecule has 0 N–H and O–H groups in total. The summed E-state index contributed by atoms with van der Waals surface area (Å²) in [5.41, 5.74) is 2.82. The lowest BCUT2D eigenvalue weighted by atomic mass is 10.1. The summed E-state index contributed by atoms with van der Waals surface area (Å²) in [6, 6.07) is 12.1. The Morgan fingerprint density at radius 2 is 1.95 bits per heavy atom. The van der Waals surface area contributed by atoms with Gasteiger partial charge in [-0.05, 0) is 63.4 Å². The van der Waals surface area contributed by atoms with Crippen molar-refractivity contribution in [3.05, 3.63) is 86.8 Å². The number of aryl methyl sites for hydroxylation is 2. The summed E-state index contributed by atoms with van der Waals surface area (Å²) in [4.78, 5) is 49.2. The Kier molecular flexibility index (Phi) is 6.71. The maximum absolute atomic E-state index is 13.6. The smallest absolute Gasteiger partial charge is 0.341 e. The number of amides is 1. The third-order valence-electron chi connectivity index (χ3n) is 6.52. The fourth-order valence-electron chi connectivity index (χ4n) is 4.59. The highest BCUT2D eigenvalue weighted by Crippen LogP contribution is 2.18. The number of carbonyl (C=O) groups is 2. The number of carbonyl (C=O) groups excluding carboxylic acids is 2. The minimum Gasteiger partial charge on any atom is -0.462 e. The van der Waals surface area contributed by atoms with Crippen molar-refractivity contribution in [1.82, 2.24) is 14.0 Å². The molecular formula is C28H28N4O5. The second-order valence-corrected chi connectivity index (χ2v) is 9.17. The number of hydrogen-bond acceptors (Lipinski definition) is 6. The molecule has 0 unspecified atom stereocenters. The Bertz CT molecular complexity index is 1640. The van der Waals surface area contributed by atoms with Crippen LogP contribution in [0.4, 0.5) is 0 Å². The third kappa shape index (κ3) is 4.70. The molecule has 37 heavy (non-hydrogen) atoms. The Labute approximate surface area is 213 Å². The van der Waals surface area contributed by atoms with Crippen LogP contribution in [-0.4, -0.2) is 45.1 Å². The Hall–Kier alpha value is -4.11. The molecule has 1 atom stereocenters. The van der Waals surface area contributed by atoms with E-state index < -0.39 is 11.9 Å². The molecule has 1 saturated heterocycles. The van der Waals surface area contributed by atoms with E-state index in [9.17, 15) is 14.4 Å². The van der Waals surface area contributed by atoms with Crippen LogP contribution in [0.3, 0.4) is 0 Å². The SMILES string of the molecule is CCOC(=O)c1cc2c(=O)n3cccc(C)c3nc2n(C[C@@H]2CCCO2)c1=NC(=O)c1ccc(C)cc1. The van der Waals surface area contributed by atoms with Crippen molar-refractivity contribution in [2.75, 3.05) is 13.2 Å². The van der Waals surface area contributed by atoms with Crippen LogP contribution in [0.25, 0.3) is 16.7 Å². The number of rotatable bonds is 5. The normalized spacial score (nSPS) is 16.0. The van der Waals surface area contributed by atoms with Gasteiger partial charge < -0.3 is 14.0 Å². The number of pyridine rings is 2. The Morgan fingerprint density at radius 1 is 1.16 bits per heavy atom. The predicted octanol–water partition coefficient (Wildman–Crippen LogP) is 3.36. The van der Waals surface area contributed by atoms with Crippen LogP contribution >= 0.6 is 0 Å². The first kappa shape index (κ1) is 24.6. The summed E-state index contributed by atoms with van der Waals surface area (Å²) in [5, 5.41) is 0.228. The molecule has 1 aliphatic heterocycles. The number of benzene rings is 1. The molecule has 1 aliphatic rings. The summed E-state index contributed by atoms with van der Waals surface area (Å²) in [6.07, 6.45) is 3.17. The molecule has 1 amide bonds. The van der Waals surface area contributed by atoms with E-state index in [0.717, 1.165) is 24.0 Å². The Morgan fingerprint density at radius 3 is 2.65 bits per heavy atom. The van der Waals surface area contributed by atoms with Gasteiger partial charge in [0, 0.05) is 18.4 Å². The van der Waals surface area contributed by atoms with Crippen molar-refractivity contribution < 1.29 is 19.1 Å². The average Bonchev–Trinajstić information content (AvgIpc) is 3.40. The van der Waals surface area contributed by atoms with Crippen LogP contribution in [0.1, 0.15) is 51.6 Å². The van der Waals surface area contributed by atoms with E-state index in [-0.39, 0.29) is 41.3 Å². The molecule has 9 nitrogen and oxygen atoms in total. The van der Waals surface area contributed by atoms with Gasteiger partial charge in [0.05, 0.1) is 24.6 Å². The highest BCUT2D eigenvalue weighted by molar-refractivity contribution is 5.97. The molecule has 5 rings (SSSR count). The zero-order valence-electron chi connectivity index (χ0n) is 21.1. The van der Waals surface area contributed by atoms with Crippen molar-refractivity contribution in [3.8, 4) is 0 Å². The van der Waals surface area contributed by atoms with Gasteiger partial charge in [-0.3, -0.25) is 14.0 Å². The number of fused-ring (bicyclic) bond motifs is 2. The van der Waals surface area contributed by atoms with Crippen LogP contribution in [0.2, 0.25) is 0 Å². The molecule has 0 spiro atoms. The maximum Gasteiger partial charge on any atom is 0.341 e. The van der Waals surface area contributed by atoms with Crippen LogP contribution in [0, 0.1) is 13.8 Å². The van der Waals surface area contributed by atoms with Gasteiger partial charge in [0.15, 0.2) is 5.49 Å². The van der Waals surface area contributed by atoms with Gasteiger partial charge in [-0.25, -0.2) is 9.78 Å². The first-order chi connectivity index (χ1) is 17.9. The van der Waals surface area contributed by atoms with E-state index >= 15 is 0 Å². The standard InChI is InChI=1S/C28H28N4O5/c1-4-36-28(35)22-15-21-24(29-23-18(3)7-5-13-31(23)27(21)34)32(16-20-8-6-14-37-20)25(22)30-26(33)19-11-9-17(2)10-12-19/h5,7,9-13,15,20H,4,6,8,14,16H2,1-3H3/t20-/m0/s1. The van der Waals surface area contributed by atoms with E-state index in [1.54, 1.807) is 35.9 Å². The lowest BCUT2D eigenvalue weighted by Crippen LogP contribution is -2.35. The molecule has 0 radical (unpaired) electrons. The number of ether oxygens (including phenoxy) is 2. The quantitative estimate of drug-likeness (QED) is 0.307. The predicted molar refractivity (Wildman–Crippen MR) is 138 cm³/mol. The van der Waals surface area contributed by atoms with Crippen molar-refractivity contribution >= 4 is 28.6 Å². The third-order valence-corrected chi connectivity index (χ3v) is 6.52. The van der Waals surface area contributed by atoms with Crippen molar-refractivity contribution in [2.24, 2.45) is 4.99 Å². The van der Waals surface area contributed by atoms with Gasteiger partial charge in [-0.1, -0.05) is 23.8 Å². The molecule has 9 heteroatoms. The molecule has 0 aliphatic carbocycles. The number of hydrogen-bond donors (Lipinski definition) is 0.